The van der Waals surface area contributed by atoms with Crippen molar-refractivity contribution in [2.24, 2.45) is 0 Å². The SMILES string of the molecule is CCOc1cc(CNC(C)c2cccc3ccccc23)ccc1OC. The lowest BCUT2D eigenvalue weighted by molar-refractivity contribution is 0.310. The van der Waals surface area contributed by atoms with Gasteiger partial charge >= 0.3 is 0 Å². The van der Waals surface area contributed by atoms with Crippen LogP contribution in [0.15, 0.2) is 60.7 Å². The van der Waals surface area contributed by atoms with Gasteiger partial charge in [-0.25, -0.2) is 0 Å². The van der Waals surface area contributed by atoms with E-state index in [-0.39, 0.29) is 6.04 Å². The second-order valence-electron chi connectivity index (χ2n) is 6.09. The van der Waals surface area contributed by atoms with Gasteiger partial charge in [0.25, 0.3) is 0 Å². The van der Waals surface area contributed by atoms with Gasteiger partial charge in [0.2, 0.25) is 0 Å². The highest BCUT2D eigenvalue weighted by Gasteiger charge is 2.10. The van der Waals surface area contributed by atoms with Gasteiger partial charge in [0.1, 0.15) is 0 Å². The van der Waals surface area contributed by atoms with Crippen LogP contribution < -0.4 is 14.8 Å². The van der Waals surface area contributed by atoms with Crippen LogP contribution in [0.4, 0.5) is 0 Å². The highest BCUT2D eigenvalue weighted by atomic mass is 16.5. The topological polar surface area (TPSA) is 30.5 Å². The van der Waals surface area contributed by atoms with Crippen LogP contribution >= 0.6 is 0 Å². The van der Waals surface area contributed by atoms with E-state index in [0.29, 0.717) is 6.61 Å². The van der Waals surface area contributed by atoms with E-state index in [0.717, 1.165) is 18.0 Å². The van der Waals surface area contributed by atoms with E-state index >= 15 is 0 Å². The number of hydrogen-bond donors (Lipinski definition) is 1. The van der Waals surface area contributed by atoms with E-state index < -0.39 is 0 Å². The van der Waals surface area contributed by atoms with Crippen LogP contribution in [0.5, 0.6) is 11.5 Å². The second kappa shape index (κ2) is 8.04. The number of fused-ring (bicyclic) bond motifs is 1. The minimum absolute atomic E-state index is 0.253. The van der Waals surface area contributed by atoms with E-state index in [2.05, 4.69) is 60.8 Å². The van der Waals surface area contributed by atoms with E-state index in [4.69, 9.17) is 9.47 Å². The zero-order valence-corrected chi connectivity index (χ0v) is 15.1. The van der Waals surface area contributed by atoms with Crippen LogP contribution in [0.2, 0.25) is 0 Å². The quantitative estimate of drug-likeness (QED) is 0.652. The van der Waals surface area contributed by atoms with Gasteiger partial charge in [0.15, 0.2) is 11.5 Å². The Hall–Kier alpha value is -2.52. The van der Waals surface area contributed by atoms with E-state index in [1.165, 1.54) is 21.9 Å². The molecule has 130 valence electrons. The van der Waals surface area contributed by atoms with Crippen molar-refractivity contribution in [1.82, 2.24) is 5.32 Å². The van der Waals surface area contributed by atoms with Crippen LogP contribution in [0.25, 0.3) is 10.8 Å². The third-order valence-electron chi connectivity index (χ3n) is 4.43. The maximum absolute atomic E-state index is 5.66. The molecule has 3 heteroatoms. The fourth-order valence-electron chi connectivity index (χ4n) is 3.11. The molecule has 0 fully saturated rings. The van der Waals surface area contributed by atoms with Gasteiger partial charge in [-0.05, 0) is 47.9 Å². The van der Waals surface area contributed by atoms with Crippen molar-refractivity contribution in [3.63, 3.8) is 0 Å². The summed E-state index contributed by atoms with van der Waals surface area (Å²) in [6.45, 7) is 5.58. The number of methoxy groups -OCH3 is 1. The Morgan fingerprint density at radius 3 is 2.56 bits per heavy atom. The van der Waals surface area contributed by atoms with Crippen molar-refractivity contribution in [3.05, 3.63) is 71.8 Å². The first kappa shape index (κ1) is 17.3. The van der Waals surface area contributed by atoms with Crippen LogP contribution in [0.3, 0.4) is 0 Å². The van der Waals surface area contributed by atoms with Crippen molar-refractivity contribution in [2.75, 3.05) is 13.7 Å². The normalized spacial score (nSPS) is 12.1. The van der Waals surface area contributed by atoms with Crippen molar-refractivity contribution in [2.45, 2.75) is 26.4 Å². The zero-order valence-electron chi connectivity index (χ0n) is 15.1. The molecular weight excluding hydrogens is 310 g/mol. The van der Waals surface area contributed by atoms with Gasteiger partial charge in [-0.3, -0.25) is 0 Å². The molecule has 3 aromatic carbocycles. The van der Waals surface area contributed by atoms with E-state index in [1.54, 1.807) is 7.11 Å². The fraction of sp³-hybridized carbons (Fsp3) is 0.273. The summed E-state index contributed by atoms with van der Waals surface area (Å²) >= 11 is 0. The molecule has 3 aromatic rings. The minimum atomic E-state index is 0.253. The third kappa shape index (κ3) is 3.94. The van der Waals surface area contributed by atoms with Crippen molar-refractivity contribution < 1.29 is 9.47 Å². The Balaban J connectivity index is 1.75. The molecule has 0 aliphatic rings. The highest BCUT2D eigenvalue weighted by molar-refractivity contribution is 5.86. The molecule has 0 aliphatic heterocycles. The van der Waals surface area contributed by atoms with Crippen molar-refractivity contribution in [3.8, 4) is 11.5 Å². The molecule has 25 heavy (non-hydrogen) atoms. The Bertz CT molecular complexity index is 839. The molecule has 0 aromatic heterocycles. The van der Waals surface area contributed by atoms with E-state index in [1.807, 2.05) is 19.1 Å². The summed E-state index contributed by atoms with van der Waals surface area (Å²) in [5.74, 6) is 1.56. The Morgan fingerprint density at radius 1 is 0.960 bits per heavy atom. The highest BCUT2D eigenvalue weighted by Crippen LogP contribution is 2.29. The van der Waals surface area contributed by atoms with Crippen molar-refractivity contribution >= 4 is 10.8 Å². The molecule has 0 bridgehead atoms. The minimum Gasteiger partial charge on any atom is -0.493 e. The summed E-state index contributed by atoms with van der Waals surface area (Å²) in [4.78, 5) is 0. The molecule has 3 nitrogen and oxygen atoms in total. The molecule has 0 spiro atoms. The lowest BCUT2D eigenvalue weighted by Gasteiger charge is -2.17. The lowest BCUT2D eigenvalue weighted by Crippen LogP contribution is -2.18. The molecule has 1 N–H and O–H groups in total. The van der Waals surface area contributed by atoms with Gasteiger partial charge in [0, 0.05) is 12.6 Å². The molecule has 3 rings (SSSR count). The first-order chi connectivity index (χ1) is 12.2. The molecule has 0 amide bonds. The average molecular weight is 335 g/mol. The largest absolute Gasteiger partial charge is 0.493 e. The Morgan fingerprint density at radius 2 is 1.76 bits per heavy atom. The number of benzene rings is 3. The summed E-state index contributed by atoms with van der Waals surface area (Å²) in [7, 11) is 1.67. The predicted molar refractivity (Wildman–Crippen MR) is 103 cm³/mol. The zero-order chi connectivity index (χ0) is 17.6. The average Bonchev–Trinajstić information content (AvgIpc) is 2.66. The second-order valence-corrected chi connectivity index (χ2v) is 6.09. The standard InChI is InChI=1S/C22H25NO2/c1-4-25-22-14-17(12-13-21(22)24-3)15-23-16(2)19-11-7-9-18-8-5-6-10-20(18)19/h5-14,16,23H,4,15H2,1-3H3. The summed E-state index contributed by atoms with van der Waals surface area (Å²) in [6, 6.07) is 21.3. The molecule has 1 atom stereocenters. The molecule has 0 aliphatic carbocycles. The number of rotatable bonds is 7. The Labute approximate surface area is 149 Å². The molecular formula is C22H25NO2. The molecule has 1 unspecified atom stereocenters. The number of ether oxygens (including phenoxy) is 2. The third-order valence-corrected chi connectivity index (χ3v) is 4.43. The van der Waals surface area contributed by atoms with Gasteiger partial charge in [0.05, 0.1) is 13.7 Å². The molecule has 0 radical (unpaired) electrons. The molecule has 0 saturated heterocycles. The molecule has 0 saturated carbocycles. The van der Waals surface area contributed by atoms with Crippen LogP contribution in [0, 0.1) is 0 Å². The summed E-state index contributed by atoms with van der Waals surface area (Å²) < 4.78 is 11.0. The maximum atomic E-state index is 5.66. The number of hydrogen-bond acceptors (Lipinski definition) is 3. The number of nitrogens with one attached hydrogen (secondary N) is 1. The molecule has 0 heterocycles. The smallest absolute Gasteiger partial charge is 0.161 e. The van der Waals surface area contributed by atoms with Gasteiger partial charge in [-0.15, -0.1) is 0 Å². The lowest BCUT2D eigenvalue weighted by atomic mass is 9.99. The first-order valence-electron chi connectivity index (χ1n) is 8.73. The van der Waals surface area contributed by atoms with Crippen LogP contribution in [-0.4, -0.2) is 13.7 Å². The summed E-state index contributed by atoms with van der Waals surface area (Å²) in [5, 5.41) is 6.19. The van der Waals surface area contributed by atoms with Gasteiger partial charge < -0.3 is 14.8 Å². The fourth-order valence-corrected chi connectivity index (χ4v) is 3.11. The van der Waals surface area contributed by atoms with Crippen LogP contribution in [-0.2, 0) is 6.54 Å². The Kier molecular flexibility index (Phi) is 5.56. The van der Waals surface area contributed by atoms with Gasteiger partial charge in [-0.2, -0.15) is 0 Å². The van der Waals surface area contributed by atoms with Crippen LogP contribution in [0.1, 0.15) is 31.0 Å². The first-order valence-corrected chi connectivity index (χ1v) is 8.73. The monoisotopic (exact) mass is 335 g/mol. The van der Waals surface area contributed by atoms with Crippen molar-refractivity contribution in [1.29, 1.82) is 0 Å². The predicted octanol–water partition coefficient (Wildman–Crippen LogP) is 5.10. The summed E-state index contributed by atoms with van der Waals surface area (Å²) in [6.07, 6.45) is 0. The van der Waals surface area contributed by atoms with Gasteiger partial charge in [-0.1, -0.05) is 48.5 Å². The summed E-state index contributed by atoms with van der Waals surface area (Å²) in [5.41, 5.74) is 2.49. The van der Waals surface area contributed by atoms with E-state index in [9.17, 15) is 0 Å². The maximum Gasteiger partial charge on any atom is 0.161 e.